The first-order valence-electron chi connectivity index (χ1n) is 4.70. The molecule has 0 saturated heterocycles. The monoisotopic (exact) mass is 285 g/mol. The van der Waals surface area contributed by atoms with Crippen LogP contribution in [0.5, 0.6) is 0 Å². The lowest BCUT2D eigenvalue weighted by molar-refractivity contribution is -0.134. The third-order valence-corrected chi connectivity index (χ3v) is 2.43. The highest BCUT2D eigenvalue weighted by molar-refractivity contribution is 9.09. The van der Waals surface area contributed by atoms with E-state index < -0.39 is 18.4 Å². The van der Waals surface area contributed by atoms with Crippen molar-refractivity contribution >= 4 is 27.6 Å². The van der Waals surface area contributed by atoms with E-state index in [1.807, 2.05) is 12.2 Å². The Morgan fingerprint density at radius 2 is 2.00 bits per heavy atom. The highest BCUT2D eigenvalue weighted by atomic mass is 79.9. The van der Waals surface area contributed by atoms with Gasteiger partial charge in [0, 0.05) is 0 Å². The molecule has 0 aromatic carbocycles. The Hall–Kier alpha value is -0.520. The minimum Gasteiger partial charge on any atom is -0.341 e. The molecule has 3 nitrogen and oxygen atoms in total. The Morgan fingerprint density at radius 3 is 2.40 bits per heavy atom. The lowest BCUT2D eigenvalue weighted by Gasteiger charge is -2.15. The highest BCUT2D eigenvalue weighted by Gasteiger charge is 2.23. The first-order chi connectivity index (χ1) is 7.02. The number of Topliss-reactive ketones (excluding diaryl/α,β-unsaturated/α-hetero) is 1. The van der Waals surface area contributed by atoms with Crippen molar-refractivity contribution < 1.29 is 18.4 Å². The maximum atomic E-state index is 11.9. The van der Waals surface area contributed by atoms with Crippen molar-refractivity contribution in [3.8, 4) is 0 Å². The van der Waals surface area contributed by atoms with Crippen LogP contribution in [0.2, 0.25) is 0 Å². The number of carbonyl (C=O) groups excluding carboxylic acids is 2. The summed E-state index contributed by atoms with van der Waals surface area (Å²) in [6.07, 6.45) is -1.11. The van der Waals surface area contributed by atoms with E-state index in [-0.39, 0.29) is 11.1 Å². The van der Waals surface area contributed by atoms with Gasteiger partial charge in [-0.2, -0.15) is 8.78 Å². The zero-order valence-corrected chi connectivity index (χ0v) is 10.0. The van der Waals surface area contributed by atoms with Crippen molar-refractivity contribution in [2.75, 3.05) is 5.33 Å². The number of nitrogens with one attached hydrogen (secondary N) is 1. The molecule has 0 bridgehead atoms. The largest absolute Gasteiger partial charge is 0.341 e. The van der Waals surface area contributed by atoms with E-state index in [1.54, 1.807) is 0 Å². The number of ketones is 1. The molecule has 0 aliphatic heterocycles. The molecule has 0 aromatic rings. The average Bonchev–Trinajstić information content (AvgIpc) is 2.22. The Morgan fingerprint density at radius 1 is 1.40 bits per heavy atom. The number of halogens is 3. The third-order valence-electron chi connectivity index (χ3n) is 1.88. The Labute approximate surface area is 95.7 Å². The minimum atomic E-state index is -3.07. The number of alkyl halides is 3. The molecule has 0 fully saturated rings. The summed E-state index contributed by atoms with van der Waals surface area (Å²) < 4.78 is 23.9. The standard InChI is InChI=1S/C9H14BrF2NO2/c1-2-3-4-6(7(14)5-10)13-9(15)8(11)12/h6,8H,2-5H2,1H3,(H,13,15). The predicted octanol–water partition coefficient (Wildman–Crippen LogP) is 1.89. The second-order valence-corrected chi connectivity index (χ2v) is 3.66. The quantitative estimate of drug-likeness (QED) is 0.726. The van der Waals surface area contributed by atoms with E-state index in [1.165, 1.54) is 0 Å². The van der Waals surface area contributed by atoms with Crippen molar-refractivity contribution in [2.24, 2.45) is 0 Å². The normalized spacial score (nSPS) is 12.6. The zero-order valence-electron chi connectivity index (χ0n) is 8.43. The van der Waals surface area contributed by atoms with Crippen LogP contribution < -0.4 is 5.32 Å². The van der Waals surface area contributed by atoms with E-state index >= 15 is 0 Å². The SMILES string of the molecule is CCCCC(NC(=O)C(F)F)C(=O)CBr. The fraction of sp³-hybridized carbons (Fsp3) is 0.778. The molecule has 15 heavy (non-hydrogen) atoms. The van der Waals surface area contributed by atoms with Gasteiger partial charge >= 0.3 is 6.43 Å². The van der Waals surface area contributed by atoms with Crippen LogP contribution in [0.4, 0.5) is 8.78 Å². The molecule has 1 N–H and O–H groups in total. The minimum absolute atomic E-state index is 0.0604. The highest BCUT2D eigenvalue weighted by Crippen LogP contribution is 2.05. The third kappa shape index (κ3) is 5.81. The van der Waals surface area contributed by atoms with Crippen molar-refractivity contribution in [2.45, 2.75) is 38.7 Å². The second-order valence-electron chi connectivity index (χ2n) is 3.10. The van der Waals surface area contributed by atoms with Gasteiger partial charge in [-0.1, -0.05) is 35.7 Å². The van der Waals surface area contributed by atoms with Gasteiger partial charge in [-0.05, 0) is 6.42 Å². The summed E-state index contributed by atoms with van der Waals surface area (Å²) in [5.74, 6) is -1.66. The predicted molar refractivity (Wildman–Crippen MR) is 56.3 cm³/mol. The van der Waals surface area contributed by atoms with Gasteiger partial charge in [0.1, 0.15) is 0 Å². The van der Waals surface area contributed by atoms with E-state index in [9.17, 15) is 18.4 Å². The Bertz CT molecular complexity index is 224. The Balaban J connectivity index is 4.23. The molecular weight excluding hydrogens is 272 g/mol. The smallest absolute Gasteiger partial charge is 0.315 e. The molecule has 0 radical (unpaired) electrons. The van der Waals surface area contributed by atoms with Gasteiger partial charge in [0.2, 0.25) is 0 Å². The van der Waals surface area contributed by atoms with Crippen LogP contribution >= 0.6 is 15.9 Å². The molecule has 1 amide bonds. The summed E-state index contributed by atoms with van der Waals surface area (Å²) in [6.45, 7) is 1.92. The Kier molecular flexibility index (Phi) is 7.46. The van der Waals surface area contributed by atoms with Gasteiger partial charge in [-0.15, -0.1) is 0 Å². The molecule has 0 heterocycles. The molecule has 1 unspecified atom stereocenters. The van der Waals surface area contributed by atoms with Crippen LogP contribution in [-0.4, -0.2) is 29.5 Å². The van der Waals surface area contributed by atoms with Crippen LogP contribution in [0.25, 0.3) is 0 Å². The number of hydrogen-bond acceptors (Lipinski definition) is 2. The lowest BCUT2D eigenvalue weighted by Crippen LogP contribution is -2.44. The first-order valence-corrected chi connectivity index (χ1v) is 5.82. The fourth-order valence-corrected chi connectivity index (χ4v) is 1.44. The van der Waals surface area contributed by atoms with Gasteiger partial charge in [0.05, 0.1) is 11.4 Å². The number of hydrogen-bond donors (Lipinski definition) is 1. The summed E-state index contributed by atoms with van der Waals surface area (Å²) in [6, 6.07) is -0.800. The van der Waals surface area contributed by atoms with E-state index in [0.717, 1.165) is 6.42 Å². The zero-order chi connectivity index (χ0) is 11.8. The number of unbranched alkanes of at least 4 members (excludes halogenated alkanes) is 1. The molecular formula is C9H14BrF2NO2. The fourth-order valence-electron chi connectivity index (χ4n) is 1.05. The van der Waals surface area contributed by atoms with Crippen LogP contribution in [0.15, 0.2) is 0 Å². The summed E-state index contributed by atoms with van der Waals surface area (Å²) in [4.78, 5) is 22.0. The van der Waals surface area contributed by atoms with Crippen molar-refractivity contribution in [3.63, 3.8) is 0 Å². The molecule has 0 saturated carbocycles. The number of rotatable bonds is 7. The van der Waals surface area contributed by atoms with Crippen LogP contribution in [0.1, 0.15) is 26.2 Å². The number of carbonyl (C=O) groups is 2. The lowest BCUT2D eigenvalue weighted by atomic mass is 10.1. The van der Waals surface area contributed by atoms with Gasteiger partial charge < -0.3 is 5.32 Å². The van der Waals surface area contributed by atoms with Crippen LogP contribution in [0, 0.1) is 0 Å². The molecule has 1 atom stereocenters. The van der Waals surface area contributed by atoms with E-state index in [4.69, 9.17) is 0 Å². The van der Waals surface area contributed by atoms with E-state index in [0.29, 0.717) is 12.8 Å². The average molecular weight is 286 g/mol. The first kappa shape index (κ1) is 14.5. The molecule has 0 aromatic heterocycles. The van der Waals surface area contributed by atoms with Gasteiger partial charge in [0.25, 0.3) is 5.91 Å². The molecule has 0 spiro atoms. The number of amides is 1. The van der Waals surface area contributed by atoms with Crippen molar-refractivity contribution in [1.82, 2.24) is 5.32 Å². The van der Waals surface area contributed by atoms with Crippen molar-refractivity contribution in [1.29, 1.82) is 0 Å². The maximum absolute atomic E-state index is 11.9. The van der Waals surface area contributed by atoms with Gasteiger partial charge in [-0.3, -0.25) is 9.59 Å². The van der Waals surface area contributed by atoms with Crippen LogP contribution in [-0.2, 0) is 9.59 Å². The topological polar surface area (TPSA) is 46.2 Å². The molecule has 6 heteroatoms. The second kappa shape index (κ2) is 7.73. The summed E-state index contributed by atoms with van der Waals surface area (Å²) in [7, 11) is 0. The van der Waals surface area contributed by atoms with E-state index in [2.05, 4.69) is 15.9 Å². The van der Waals surface area contributed by atoms with Crippen LogP contribution in [0.3, 0.4) is 0 Å². The van der Waals surface area contributed by atoms with Gasteiger partial charge in [-0.25, -0.2) is 0 Å². The molecule has 0 aliphatic carbocycles. The van der Waals surface area contributed by atoms with Crippen molar-refractivity contribution in [3.05, 3.63) is 0 Å². The maximum Gasteiger partial charge on any atom is 0.315 e. The van der Waals surface area contributed by atoms with Gasteiger partial charge in [0.15, 0.2) is 5.78 Å². The summed E-state index contributed by atoms with van der Waals surface area (Å²) >= 11 is 2.95. The summed E-state index contributed by atoms with van der Waals surface area (Å²) in [5.41, 5.74) is 0. The molecule has 88 valence electrons. The molecule has 0 aliphatic rings. The molecule has 0 rings (SSSR count). The summed E-state index contributed by atoms with van der Waals surface area (Å²) in [5, 5.41) is 2.09.